The first-order valence-electron chi connectivity index (χ1n) is 17.5. The minimum Gasteiger partial charge on any atom is -0.337 e. The largest absolute Gasteiger partial charge is 0.337 e. The zero-order valence-electron chi connectivity index (χ0n) is 29.0. The number of nitriles is 3. The average molecular weight is 670 g/mol. The molecular weight excluding hydrogens is 635 g/mol. The van der Waals surface area contributed by atoms with Gasteiger partial charge in [-0.3, -0.25) is 0 Å². The first-order chi connectivity index (χ1) is 25.4. The molecule has 8 rings (SSSR count). The van der Waals surface area contributed by atoms with Crippen LogP contribution in [0.1, 0.15) is 42.0 Å². The van der Waals surface area contributed by atoms with Gasteiger partial charge in [0.05, 0.1) is 35.4 Å². The lowest BCUT2D eigenvalue weighted by molar-refractivity contribution is 0.548. The molecule has 0 radical (unpaired) electrons. The van der Waals surface area contributed by atoms with Crippen LogP contribution in [0.15, 0.2) is 158 Å². The molecule has 0 saturated carbocycles. The first kappa shape index (κ1) is 32.3. The molecule has 52 heavy (non-hydrogen) atoms. The second kappa shape index (κ2) is 12.8. The SMILES string of the molecule is C=C/C=C\C1c2ccccc2N(c2cc(C#N)cc(-c3ccccc3-c3ccccc3N3c4ccc(C#N)cc4C4(C)C=C(C#N)C=CC34)c2)C1C. The van der Waals surface area contributed by atoms with E-state index in [4.69, 9.17) is 0 Å². The van der Waals surface area contributed by atoms with Crippen LogP contribution in [0.25, 0.3) is 22.3 Å². The first-order valence-corrected chi connectivity index (χ1v) is 17.5. The third kappa shape index (κ3) is 5.05. The summed E-state index contributed by atoms with van der Waals surface area (Å²) in [5.41, 5.74) is 11.7. The van der Waals surface area contributed by atoms with Gasteiger partial charge in [-0.25, -0.2) is 0 Å². The fourth-order valence-corrected chi connectivity index (χ4v) is 8.51. The van der Waals surface area contributed by atoms with Crippen molar-refractivity contribution in [2.75, 3.05) is 9.80 Å². The Kier molecular flexibility index (Phi) is 7.95. The van der Waals surface area contributed by atoms with Crippen LogP contribution in [0, 0.1) is 34.0 Å². The van der Waals surface area contributed by atoms with Crippen molar-refractivity contribution in [3.63, 3.8) is 0 Å². The second-order valence-electron chi connectivity index (χ2n) is 13.8. The monoisotopic (exact) mass is 669 g/mol. The standard InChI is InChI=1S/C47H35N5/c1-4-5-12-37-31(2)51(43-17-10-8-15-40(37)43)36-24-34(30-50)23-35(26-36)38-13-6-7-14-39(38)41-16-9-11-18-44(41)52-45-21-19-32(28-48)25-42(45)47(3)27-33(29-49)20-22-46(47)52/h4-27,31,37,46H,1H2,2-3H3/b12-5-. The summed E-state index contributed by atoms with van der Waals surface area (Å²) >= 11 is 0. The van der Waals surface area contributed by atoms with E-state index in [0.717, 1.165) is 50.6 Å². The van der Waals surface area contributed by atoms with E-state index < -0.39 is 5.41 Å². The number of allylic oxidation sites excluding steroid dienone is 4. The van der Waals surface area contributed by atoms with Crippen molar-refractivity contribution < 1.29 is 0 Å². The summed E-state index contributed by atoms with van der Waals surface area (Å²) < 4.78 is 0. The van der Waals surface area contributed by atoms with Gasteiger partial charge >= 0.3 is 0 Å². The molecule has 5 aromatic carbocycles. The van der Waals surface area contributed by atoms with Gasteiger partial charge in [0, 0.05) is 51.3 Å². The van der Waals surface area contributed by atoms with Crippen molar-refractivity contribution in [2.24, 2.45) is 0 Å². The van der Waals surface area contributed by atoms with Gasteiger partial charge in [-0.15, -0.1) is 0 Å². The van der Waals surface area contributed by atoms with Gasteiger partial charge in [0.2, 0.25) is 0 Å². The maximum atomic E-state index is 10.3. The van der Waals surface area contributed by atoms with Crippen molar-refractivity contribution in [3.8, 4) is 40.5 Å². The van der Waals surface area contributed by atoms with E-state index in [1.165, 1.54) is 5.56 Å². The van der Waals surface area contributed by atoms with Crippen LogP contribution < -0.4 is 9.80 Å². The number of anilines is 4. The Morgan fingerprint density at radius 2 is 1.42 bits per heavy atom. The zero-order valence-corrected chi connectivity index (χ0v) is 29.0. The highest BCUT2D eigenvalue weighted by Crippen LogP contribution is 2.54. The molecule has 0 bridgehead atoms. The van der Waals surface area contributed by atoms with Crippen LogP contribution in [-0.4, -0.2) is 12.1 Å². The Hall–Kier alpha value is -6.87. The molecule has 248 valence electrons. The Morgan fingerprint density at radius 1 is 0.712 bits per heavy atom. The van der Waals surface area contributed by atoms with Crippen molar-refractivity contribution >= 4 is 22.7 Å². The Balaban J connectivity index is 1.28. The predicted molar refractivity (Wildman–Crippen MR) is 209 cm³/mol. The molecule has 2 aliphatic heterocycles. The minimum atomic E-state index is -0.522. The fraction of sp³-hybridized carbons (Fsp3) is 0.128. The summed E-state index contributed by atoms with van der Waals surface area (Å²) in [7, 11) is 0. The summed E-state index contributed by atoms with van der Waals surface area (Å²) in [5, 5.41) is 30.0. The van der Waals surface area contributed by atoms with E-state index in [-0.39, 0.29) is 18.0 Å². The number of para-hydroxylation sites is 2. The summed E-state index contributed by atoms with van der Waals surface area (Å²) in [6, 6.07) is 44.4. The molecule has 0 fully saturated rings. The van der Waals surface area contributed by atoms with E-state index >= 15 is 0 Å². The van der Waals surface area contributed by atoms with Crippen molar-refractivity contribution in [2.45, 2.75) is 37.3 Å². The van der Waals surface area contributed by atoms with E-state index in [0.29, 0.717) is 16.7 Å². The maximum absolute atomic E-state index is 10.3. The zero-order chi connectivity index (χ0) is 36.0. The molecule has 2 heterocycles. The Morgan fingerprint density at radius 3 is 2.17 bits per heavy atom. The van der Waals surface area contributed by atoms with Crippen molar-refractivity contribution in [3.05, 3.63) is 180 Å². The van der Waals surface area contributed by atoms with Gasteiger partial charge in [0.15, 0.2) is 0 Å². The molecule has 0 amide bonds. The second-order valence-corrected chi connectivity index (χ2v) is 13.8. The predicted octanol–water partition coefficient (Wildman–Crippen LogP) is 10.9. The smallest absolute Gasteiger partial charge is 0.0992 e. The molecule has 4 atom stereocenters. The molecule has 5 aromatic rings. The lowest BCUT2D eigenvalue weighted by Gasteiger charge is -2.36. The minimum absolute atomic E-state index is 0.116. The fourth-order valence-electron chi connectivity index (χ4n) is 8.51. The van der Waals surface area contributed by atoms with Crippen LogP contribution in [0.3, 0.4) is 0 Å². The van der Waals surface area contributed by atoms with Crippen molar-refractivity contribution in [1.82, 2.24) is 0 Å². The molecule has 0 saturated heterocycles. The molecule has 3 aliphatic rings. The molecule has 0 aromatic heterocycles. The topological polar surface area (TPSA) is 77.8 Å². The number of hydrogen-bond donors (Lipinski definition) is 0. The maximum Gasteiger partial charge on any atom is 0.0992 e. The molecule has 1 aliphatic carbocycles. The molecule has 4 unspecified atom stereocenters. The number of hydrogen-bond acceptors (Lipinski definition) is 5. The molecule has 5 nitrogen and oxygen atoms in total. The van der Waals surface area contributed by atoms with E-state index in [9.17, 15) is 15.8 Å². The summed E-state index contributed by atoms with van der Waals surface area (Å²) in [6.45, 7) is 8.28. The van der Waals surface area contributed by atoms with Gasteiger partial charge < -0.3 is 9.80 Å². The normalized spacial score (nSPS) is 21.1. The number of rotatable bonds is 6. The number of nitrogens with zero attached hydrogens (tertiary/aromatic N) is 5. The molecule has 5 heteroatoms. The highest BCUT2D eigenvalue weighted by atomic mass is 15.2. The van der Waals surface area contributed by atoms with Crippen LogP contribution in [0.2, 0.25) is 0 Å². The van der Waals surface area contributed by atoms with Gasteiger partial charge in [-0.05, 0) is 96.3 Å². The molecule has 0 spiro atoms. The van der Waals surface area contributed by atoms with Gasteiger partial charge in [0.25, 0.3) is 0 Å². The van der Waals surface area contributed by atoms with Gasteiger partial charge in [-0.1, -0.05) is 97.6 Å². The summed E-state index contributed by atoms with van der Waals surface area (Å²) in [6.07, 6.45) is 12.1. The number of fused-ring (bicyclic) bond motifs is 4. The summed E-state index contributed by atoms with van der Waals surface area (Å²) in [4.78, 5) is 4.70. The third-order valence-electron chi connectivity index (χ3n) is 10.9. The van der Waals surface area contributed by atoms with Crippen LogP contribution in [0.5, 0.6) is 0 Å². The Bertz CT molecular complexity index is 2500. The van der Waals surface area contributed by atoms with E-state index in [1.54, 1.807) is 0 Å². The highest BCUT2D eigenvalue weighted by molar-refractivity contribution is 5.94. The average Bonchev–Trinajstić information content (AvgIpc) is 3.62. The van der Waals surface area contributed by atoms with Crippen LogP contribution >= 0.6 is 0 Å². The highest BCUT2D eigenvalue weighted by Gasteiger charge is 2.48. The van der Waals surface area contributed by atoms with Crippen LogP contribution in [0.4, 0.5) is 22.7 Å². The van der Waals surface area contributed by atoms with Gasteiger partial charge in [0.1, 0.15) is 0 Å². The van der Waals surface area contributed by atoms with Gasteiger partial charge in [-0.2, -0.15) is 15.8 Å². The number of benzene rings is 5. The lowest BCUT2D eigenvalue weighted by Crippen LogP contribution is -2.40. The van der Waals surface area contributed by atoms with E-state index in [2.05, 4.69) is 133 Å². The van der Waals surface area contributed by atoms with Crippen molar-refractivity contribution in [1.29, 1.82) is 15.8 Å². The molecule has 0 N–H and O–H groups in total. The third-order valence-corrected chi connectivity index (χ3v) is 10.9. The van der Waals surface area contributed by atoms with E-state index in [1.807, 2.05) is 60.7 Å². The molecular formula is C47H35N5. The summed E-state index contributed by atoms with van der Waals surface area (Å²) in [5.74, 6) is 0.175. The quantitative estimate of drug-likeness (QED) is 0.168. The Labute approximate surface area is 305 Å². The van der Waals surface area contributed by atoms with Crippen LogP contribution in [-0.2, 0) is 5.41 Å². The lowest BCUT2D eigenvalue weighted by atomic mass is 9.74.